The van der Waals surface area contributed by atoms with Gasteiger partial charge in [0.25, 0.3) is 0 Å². The second-order valence-electron chi connectivity index (χ2n) is 3.64. The van der Waals surface area contributed by atoms with Gasteiger partial charge in [-0.25, -0.2) is 22.3 Å². The van der Waals surface area contributed by atoms with E-state index < -0.39 is 26.6 Å². The minimum Gasteiger partial charge on any atom is -0.300 e. The molecular formula is C10H11F2NO3S. The molecule has 0 aromatic heterocycles. The van der Waals surface area contributed by atoms with Gasteiger partial charge in [0.1, 0.15) is 17.4 Å². The number of ketones is 1. The number of primary sulfonamides is 1. The van der Waals surface area contributed by atoms with Gasteiger partial charge in [-0.2, -0.15) is 0 Å². The Bertz CT molecular complexity index is 532. The van der Waals surface area contributed by atoms with Gasteiger partial charge in [0.2, 0.25) is 10.0 Å². The maximum Gasteiger partial charge on any atom is 0.243 e. The number of rotatable bonds is 4. The van der Waals surface area contributed by atoms with E-state index in [2.05, 4.69) is 5.14 Å². The molecule has 7 heteroatoms. The fourth-order valence-corrected chi connectivity index (χ4v) is 2.01. The summed E-state index contributed by atoms with van der Waals surface area (Å²) in [5.74, 6) is -2.61. The van der Waals surface area contributed by atoms with Crippen LogP contribution in [0.3, 0.4) is 0 Å². The molecule has 0 heterocycles. The molecule has 4 nitrogen and oxygen atoms in total. The number of nitrogens with two attached hydrogens (primary N) is 1. The molecule has 17 heavy (non-hydrogen) atoms. The molecule has 1 aromatic carbocycles. The van der Waals surface area contributed by atoms with Crippen molar-refractivity contribution in [2.45, 2.75) is 24.7 Å². The third-order valence-corrected chi connectivity index (χ3v) is 3.07. The molecule has 0 bridgehead atoms. The summed E-state index contributed by atoms with van der Waals surface area (Å²) in [5.41, 5.74) is 0.211. The Hall–Kier alpha value is -1.34. The molecule has 0 aliphatic carbocycles. The summed E-state index contributed by atoms with van der Waals surface area (Å²) in [6.45, 7) is 1.35. The van der Waals surface area contributed by atoms with Gasteiger partial charge < -0.3 is 4.79 Å². The van der Waals surface area contributed by atoms with Crippen molar-refractivity contribution in [2.75, 3.05) is 0 Å². The first-order valence-corrected chi connectivity index (χ1v) is 6.26. The van der Waals surface area contributed by atoms with Crippen LogP contribution in [-0.4, -0.2) is 14.2 Å². The van der Waals surface area contributed by atoms with Crippen LogP contribution in [0, 0.1) is 11.6 Å². The Morgan fingerprint density at radius 3 is 2.12 bits per heavy atom. The van der Waals surface area contributed by atoms with E-state index in [-0.39, 0.29) is 24.2 Å². The van der Waals surface area contributed by atoms with Gasteiger partial charge in [0, 0.05) is 6.42 Å². The number of benzene rings is 1. The van der Waals surface area contributed by atoms with Crippen molar-refractivity contribution in [1.29, 1.82) is 0 Å². The number of carbonyl (C=O) groups is 1. The van der Waals surface area contributed by atoms with Crippen molar-refractivity contribution in [2.24, 2.45) is 5.14 Å². The van der Waals surface area contributed by atoms with E-state index >= 15 is 0 Å². The zero-order valence-electron chi connectivity index (χ0n) is 9.04. The van der Waals surface area contributed by atoms with E-state index in [1.165, 1.54) is 6.92 Å². The molecule has 0 radical (unpaired) electrons. The molecule has 0 aliphatic rings. The van der Waals surface area contributed by atoms with Crippen LogP contribution in [0.5, 0.6) is 0 Å². The summed E-state index contributed by atoms with van der Waals surface area (Å²) in [4.78, 5) is 9.56. The van der Waals surface area contributed by atoms with Crippen molar-refractivity contribution in [3.05, 3.63) is 29.3 Å². The second-order valence-corrected chi connectivity index (χ2v) is 5.13. The van der Waals surface area contributed by atoms with Gasteiger partial charge in [0.05, 0.1) is 0 Å². The number of Topliss-reactive ketones (excluding diaryl/α,β-unsaturated/α-hetero) is 1. The van der Waals surface area contributed by atoms with Crippen LogP contribution < -0.4 is 5.14 Å². The lowest BCUT2D eigenvalue weighted by Crippen LogP contribution is -2.16. The van der Waals surface area contributed by atoms with E-state index in [1.54, 1.807) is 0 Å². The van der Waals surface area contributed by atoms with Crippen LogP contribution in [0.25, 0.3) is 0 Å². The van der Waals surface area contributed by atoms with Gasteiger partial charge >= 0.3 is 0 Å². The molecule has 1 aromatic rings. The molecule has 0 unspecified atom stereocenters. The molecule has 0 fully saturated rings. The fraction of sp³-hybridized carbons (Fsp3) is 0.300. The Morgan fingerprint density at radius 1 is 1.29 bits per heavy atom. The van der Waals surface area contributed by atoms with Gasteiger partial charge in [0.15, 0.2) is 4.90 Å². The second kappa shape index (κ2) is 4.89. The first-order chi connectivity index (χ1) is 7.71. The first kappa shape index (κ1) is 13.7. The normalized spacial score (nSPS) is 11.5. The topological polar surface area (TPSA) is 77.2 Å². The highest BCUT2D eigenvalue weighted by atomic mass is 32.2. The number of halogens is 2. The van der Waals surface area contributed by atoms with Crippen LogP contribution in [0.2, 0.25) is 0 Å². The maximum atomic E-state index is 13.3. The van der Waals surface area contributed by atoms with Gasteiger partial charge in [-0.1, -0.05) is 0 Å². The summed E-state index contributed by atoms with van der Waals surface area (Å²) < 4.78 is 48.5. The Labute approximate surface area is 97.5 Å². The molecule has 0 saturated carbocycles. The summed E-state index contributed by atoms with van der Waals surface area (Å²) in [6, 6.07) is 1.73. The minimum absolute atomic E-state index is 0.124. The van der Waals surface area contributed by atoms with Gasteiger partial charge in [-0.3, -0.25) is 0 Å². The van der Waals surface area contributed by atoms with Crippen LogP contribution >= 0.6 is 0 Å². The molecular weight excluding hydrogens is 252 g/mol. The first-order valence-electron chi connectivity index (χ1n) is 4.72. The highest BCUT2D eigenvalue weighted by Gasteiger charge is 2.21. The number of hydrogen-bond acceptors (Lipinski definition) is 3. The lowest BCUT2D eigenvalue weighted by atomic mass is 10.1. The number of carbonyl (C=O) groups excluding carboxylic acids is 1. The van der Waals surface area contributed by atoms with Crippen LogP contribution in [0.15, 0.2) is 17.0 Å². The maximum absolute atomic E-state index is 13.3. The zero-order valence-corrected chi connectivity index (χ0v) is 9.85. The summed E-state index contributed by atoms with van der Waals surface area (Å²) in [7, 11) is -4.43. The Balaban J connectivity index is 3.15. The fourth-order valence-electron chi connectivity index (χ4n) is 1.35. The van der Waals surface area contributed by atoms with Gasteiger partial charge in [-0.05, 0) is 31.0 Å². The lowest BCUT2D eigenvalue weighted by Gasteiger charge is -2.05. The summed E-state index contributed by atoms with van der Waals surface area (Å²) in [6.07, 6.45) is 0.279. The quantitative estimate of drug-likeness (QED) is 0.884. The van der Waals surface area contributed by atoms with Crippen molar-refractivity contribution in [3.8, 4) is 0 Å². The number of sulfonamides is 1. The van der Waals surface area contributed by atoms with Crippen molar-refractivity contribution in [3.63, 3.8) is 0 Å². The standard InChI is InChI=1S/C10H11F2NO3S/c1-6(14)2-3-7-4-8(11)10(9(12)5-7)17(13,15)16/h4-5H,2-3H2,1H3,(H2,13,15,16). The van der Waals surface area contributed by atoms with Gasteiger partial charge in [-0.15, -0.1) is 0 Å². The van der Waals surface area contributed by atoms with E-state index in [0.717, 1.165) is 12.1 Å². The van der Waals surface area contributed by atoms with Crippen molar-refractivity contribution in [1.82, 2.24) is 0 Å². The average molecular weight is 263 g/mol. The molecule has 0 amide bonds. The van der Waals surface area contributed by atoms with Crippen molar-refractivity contribution < 1.29 is 22.0 Å². The summed E-state index contributed by atoms with van der Waals surface area (Å²) in [5, 5.41) is 4.67. The zero-order chi connectivity index (χ0) is 13.2. The molecule has 0 atom stereocenters. The molecule has 0 spiro atoms. The Kier molecular flexibility index (Phi) is 3.94. The van der Waals surface area contributed by atoms with E-state index in [9.17, 15) is 22.0 Å². The third-order valence-electron chi connectivity index (χ3n) is 2.11. The molecule has 94 valence electrons. The third kappa shape index (κ3) is 3.57. The lowest BCUT2D eigenvalue weighted by molar-refractivity contribution is -0.116. The average Bonchev–Trinajstić information content (AvgIpc) is 2.11. The number of hydrogen-bond donors (Lipinski definition) is 1. The van der Waals surface area contributed by atoms with Crippen LogP contribution in [-0.2, 0) is 21.2 Å². The van der Waals surface area contributed by atoms with Crippen LogP contribution in [0.1, 0.15) is 18.9 Å². The summed E-state index contributed by atoms with van der Waals surface area (Å²) >= 11 is 0. The van der Waals surface area contributed by atoms with Crippen molar-refractivity contribution >= 4 is 15.8 Å². The molecule has 2 N–H and O–H groups in total. The molecule has 0 aliphatic heterocycles. The SMILES string of the molecule is CC(=O)CCc1cc(F)c(S(N)(=O)=O)c(F)c1. The molecule has 1 rings (SSSR count). The predicted molar refractivity (Wildman–Crippen MR) is 56.7 cm³/mol. The Morgan fingerprint density at radius 2 is 1.76 bits per heavy atom. The van der Waals surface area contributed by atoms with E-state index in [0.29, 0.717) is 0 Å². The number of aryl methyl sites for hydroxylation is 1. The predicted octanol–water partition coefficient (Wildman–Crippen LogP) is 1.13. The van der Waals surface area contributed by atoms with E-state index in [1.807, 2.05) is 0 Å². The highest BCUT2D eigenvalue weighted by Crippen LogP contribution is 2.20. The monoisotopic (exact) mass is 263 g/mol. The van der Waals surface area contributed by atoms with E-state index in [4.69, 9.17) is 0 Å². The van der Waals surface area contributed by atoms with Crippen LogP contribution in [0.4, 0.5) is 8.78 Å². The molecule has 0 saturated heterocycles. The largest absolute Gasteiger partial charge is 0.300 e. The highest BCUT2D eigenvalue weighted by molar-refractivity contribution is 7.89. The smallest absolute Gasteiger partial charge is 0.243 e. The minimum atomic E-state index is -4.43.